The number of carbonyl (C=O) groups excluding carboxylic acids is 2. The Morgan fingerprint density at radius 3 is 2.89 bits per heavy atom. The first-order valence-electron chi connectivity index (χ1n) is 7.12. The van der Waals surface area contributed by atoms with Gasteiger partial charge in [-0.15, -0.1) is 0 Å². The van der Waals surface area contributed by atoms with Crippen LogP contribution >= 0.6 is 0 Å². The molecular weight excluding hydrogens is 238 g/mol. The third-order valence-corrected chi connectivity index (χ3v) is 3.71. The Labute approximate surface area is 114 Å². The zero-order valence-electron chi connectivity index (χ0n) is 11.4. The highest BCUT2D eigenvalue weighted by Gasteiger charge is 2.45. The number of rotatable bonds is 5. The molecule has 2 unspecified atom stereocenters. The molecule has 1 aliphatic heterocycles. The summed E-state index contributed by atoms with van der Waals surface area (Å²) < 4.78 is 0. The summed E-state index contributed by atoms with van der Waals surface area (Å²) >= 11 is 0. The van der Waals surface area contributed by atoms with E-state index in [1.807, 2.05) is 18.2 Å². The van der Waals surface area contributed by atoms with Gasteiger partial charge in [-0.3, -0.25) is 14.5 Å². The first kappa shape index (κ1) is 13.8. The summed E-state index contributed by atoms with van der Waals surface area (Å²) in [4.78, 5) is 25.5. The normalized spacial score (nSPS) is 26.9. The molecule has 2 amide bonds. The lowest BCUT2D eigenvalue weighted by Gasteiger charge is -2.14. The number of hydrogen-bond donors (Lipinski definition) is 0. The molecule has 19 heavy (non-hydrogen) atoms. The maximum absolute atomic E-state index is 12.1. The van der Waals surface area contributed by atoms with Crippen LogP contribution in [0.4, 0.5) is 0 Å². The highest BCUT2D eigenvalue weighted by Crippen LogP contribution is 2.34. The first-order chi connectivity index (χ1) is 9.25. The van der Waals surface area contributed by atoms with Gasteiger partial charge in [0.25, 0.3) is 0 Å². The lowest BCUT2D eigenvalue weighted by Crippen LogP contribution is -2.25. The minimum Gasteiger partial charge on any atom is -0.274 e. The Kier molecular flexibility index (Phi) is 4.72. The quantitative estimate of drug-likeness (QED) is 0.329. The molecule has 3 heteroatoms. The van der Waals surface area contributed by atoms with Crippen LogP contribution in [-0.2, 0) is 9.59 Å². The molecular formula is C16H21NO2. The molecule has 1 aliphatic carbocycles. The number of unbranched alkanes of at least 4 members (excludes halogenated alkanes) is 2. The summed E-state index contributed by atoms with van der Waals surface area (Å²) in [6.07, 6.45) is 16.3. The van der Waals surface area contributed by atoms with E-state index in [0.717, 1.165) is 19.3 Å². The van der Waals surface area contributed by atoms with Crippen LogP contribution in [0.15, 0.2) is 36.6 Å². The van der Waals surface area contributed by atoms with Crippen molar-refractivity contribution in [2.24, 2.45) is 11.8 Å². The van der Waals surface area contributed by atoms with Crippen molar-refractivity contribution in [1.29, 1.82) is 0 Å². The number of likely N-dealkylation sites (tertiary alicyclic amines) is 1. The van der Waals surface area contributed by atoms with E-state index in [-0.39, 0.29) is 23.7 Å². The number of amides is 2. The van der Waals surface area contributed by atoms with E-state index in [1.54, 1.807) is 12.3 Å². The monoisotopic (exact) mass is 259 g/mol. The third kappa shape index (κ3) is 3.03. The number of imide groups is 1. The second-order valence-corrected chi connectivity index (χ2v) is 5.10. The molecule has 0 radical (unpaired) electrons. The maximum Gasteiger partial charge on any atom is 0.240 e. The van der Waals surface area contributed by atoms with E-state index >= 15 is 0 Å². The molecule has 0 saturated carbocycles. The van der Waals surface area contributed by atoms with Crippen molar-refractivity contribution in [2.45, 2.75) is 39.0 Å². The van der Waals surface area contributed by atoms with Crippen molar-refractivity contribution in [3.8, 4) is 0 Å². The van der Waals surface area contributed by atoms with E-state index in [1.165, 1.54) is 17.7 Å². The van der Waals surface area contributed by atoms with E-state index < -0.39 is 0 Å². The fourth-order valence-electron chi connectivity index (χ4n) is 2.59. The van der Waals surface area contributed by atoms with Crippen LogP contribution in [0.3, 0.4) is 0 Å². The Morgan fingerprint density at radius 1 is 1.32 bits per heavy atom. The Balaban J connectivity index is 1.95. The third-order valence-electron chi connectivity index (χ3n) is 3.71. The molecule has 1 saturated heterocycles. The second-order valence-electron chi connectivity index (χ2n) is 5.10. The fraction of sp³-hybridized carbons (Fsp3) is 0.500. The van der Waals surface area contributed by atoms with Crippen LogP contribution in [0.25, 0.3) is 0 Å². The van der Waals surface area contributed by atoms with E-state index in [2.05, 4.69) is 13.0 Å². The van der Waals surface area contributed by atoms with Gasteiger partial charge in [0.15, 0.2) is 0 Å². The fourth-order valence-corrected chi connectivity index (χ4v) is 2.59. The van der Waals surface area contributed by atoms with Crippen molar-refractivity contribution < 1.29 is 9.59 Å². The summed E-state index contributed by atoms with van der Waals surface area (Å²) in [6.45, 7) is 2.15. The zero-order valence-corrected chi connectivity index (χ0v) is 11.4. The van der Waals surface area contributed by atoms with Gasteiger partial charge in [-0.2, -0.15) is 0 Å². The van der Waals surface area contributed by atoms with Crippen LogP contribution in [-0.4, -0.2) is 16.7 Å². The van der Waals surface area contributed by atoms with Crippen molar-refractivity contribution in [2.75, 3.05) is 0 Å². The Bertz CT molecular complexity index is 434. The molecule has 2 atom stereocenters. The van der Waals surface area contributed by atoms with E-state index in [4.69, 9.17) is 0 Å². The van der Waals surface area contributed by atoms with Crippen LogP contribution in [0, 0.1) is 11.8 Å². The average molecular weight is 259 g/mol. The first-order valence-corrected chi connectivity index (χ1v) is 7.12. The summed E-state index contributed by atoms with van der Waals surface area (Å²) in [5.41, 5.74) is 0. The van der Waals surface area contributed by atoms with Crippen LogP contribution < -0.4 is 0 Å². The maximum atomic E-state index is 12.1. The molecule has 0 spiro atoms. The number of allylic oxidation sites excluding steroid dienone is 4. The van der Waals surface area contributed by atoms with Crippen molar-refractivity contribution in [1.82, 2.24) is 4.90 Å². The molecule has 0 bridgehead atoms. The lowest BCUT2D eigenvalue weighted by molar-refractivity contribution is -0.136. The van der Waals surface area contributed by atoms with Gasteiger partial charge < -0.3 is 0 Å². The van der Waals surface area contributed by atoms with Crippen molar-refractivity contribution in [3.63, 3.8) is 0 Å². The standard InChI is InChI=1S/C16H21NO2/c1-2-3-4-5-6-9-12-17-15(18)13-10-7-8-11-14(13)16(17)19/h5-7,9-10,12-14H,2-4,8,11H2,1H3. The molecule has 0 N–H and O–H groups in total. The van der Waals surface area contributed by atoms with Crippen molar-refractivity contribution >= 4 is 11.8 Å². The summed E-state index contributed by atoms with van der Waals surface area (Å²) in [6, 6.07) is 0. The number of carbonyl (C=O) groups is 2. The number of hydrogen-bond acceptors (Lipinski definition) is 2. The molecule has 102 valence electrons. The van der Waals surface area contributed by atoms with Crippen LogP contribution in [0.1, 0.15) is 39.0 Å². The summed E-state index contributed by atoms with van der Waals surface area (Å²) in [7, 11) is 0. The van der Waals surface area contributed by atoms with Gasteiger partial charge in [0.05, 0.1) is 11.8 Å². The predicted octanol–water partition coefficient (Wildman–Crippen LogP) is 3.20. The average Bonchev–Trinajstić information content (AvgIpc) is 2.68. The molecule has 0 aromatic rings. The van der Waals surface area contributed by atoms with Gasteiger partial charge >= 0.3 is 0 Å². The van der Waals surface area contributed by atoms with Gasteiger partial charge in [0, 0.05) is 6.20 Å². The summed E-state index contributed by atoms with van der Waals surface area (Å²) in [5, 5.41) is 0. The van der Waals surface area contributed by atoms with E-state index in [9.17, 15) is 9.59 Å². The molecule has 1 heterocycles. The van der Waals surface area contributed by atoms with E-state index in [0.29, 0.717) is 0 Å². The lowest BCUT2D eigenvalue weighted by atomic mass is 9.86. The zero-order chi connectivity index (χ0) is 13.7. The predicted molar refractivity (Wildman–Crippen MR) is 75.0 cm³/mol. The highest BCUT2D eigenvalue weighted by atomic mass is 16.2. The van der Waals surface area contributed by atoms with Crippen LogP contribution in [0.2, 0.25) is 0 Å². The largest absolute Gasteiger partial charge is 0.274 e. The second kappa shape index (κ2) is 6.50. The van der Waals surface area contributed by atoms with Crippen LogP contribution in [0.5, 0.6) is 0 Å². The highest BCUT2D eigenvalue weighted by molar-refractivity contribution is 6.07. The van der Waals surface area contributed by atoms with Gasteiger partial charge in [-0.25, -0.2) is 0 Å². The topological polar surface area (TPSA) is 37.4 Å². The minimum absolute atomic E-state index is 0.0439. The van der Waals surface area contributed by atoms with Crippen molar-refractivity contribution in [3.05, 3.63) is 36.6 Å². The molecule has 2 aliphatic rings. The SMILES string of the molecule is CCCCC=CC=CN1C(=O)C2C=CCCC2C1=O. The van der Waals surface area contributed by atoms with Gasteiger partial charge in [0.2, 0.25) is 11.8 Å². The van der Waals surface area contributed by atoms with Gasteiger partial charge in [-0.1, -0.05) is 44.1 Å². The smallest absolute Gasteiger partial charge is 0.240 e. The number of nitrogens with zero attached hydrogens (tertiary/aromatic N) is 1. The molecule has 0 aromatic carbocycles. The Morgan fingerprint density at radius 2 is 2.16 bits per heavy atom. The van der Waals surface area contributed by atoms with Gasteiger partial charge in [-0.05, 0) is 25.3 Å². The molecule has 2 rings (SSSR count). The summed E-state index contributed by atoms with van der Waals surface area (Å²) in [5.74, 6) is -0.483. The molecule has 1 fully saturated rings. The molecule has 3 nitrogen and oxygen atoms in total. The number of fused-ring (bicyclic) bond motifs is 1. The van der Waals surface area contributed by atoms with Gasteiger partial charge in [0.1, 0.15) is 0 Å². The molecule has 0 aromatic heterocycles. The minimum atomic E-state index is -0.227. The Hall–Kier alpha value is -1.64.